The van der Waals surface area contributed by atoms with Crippen LogP contribution in [0.15, 0.2) is 42.7 Å². The van der Waals surface area contributed by atoms with Crippen molar-refractivity contribution in [3.05, 3.63) is 48.3 Å². The van der Waals surface area contributed by atoms with E-state index in [1.165, 1.54) is 5.56 Å². The van der Waals surface area contributed by atoms with E-state index < -0.39 is 0 Å². The van der Waals surface area contributed by atoms with E-state index in [1.54, 1.807) is 0 Å². The highest BCUT2D eigenvalue weighted by Gasteiger charge is 2.04. The fourth-order valence-electron chi connectivity index (χ4n) is 2.08. The van der Waals surface area contributed by atoms with E-state index in [9.17, 15) is 0 Å². The van der Waals surface area contributed by atoms with Gasteiger partial charge in [0, 0.05) is 30.9 Å². The summed E-state index contributed by atoms with van der Waals surface area (Å²) in [6.07, 6.45) is 3.99. The van der Waals surface area contributed by atoms with Gasteiger partial charge in [-0.15, -0.1) is 0 Å². The molecule has 0 bridgehead atoms. The molecule has 2 aromatic rings. The van der Waals surface area contributed by atoms with Crippen LogP contribution in [0.1, 0.15) is 12.5 Å². The minimum absolute atomic E-state index is 0.468. The summed E-state index contributed by atoms with van der Waals surface area (Å²) in [5.74, 6) is 0. The lowest BCUT2D eigenvalue weighted by Crippen LogP contribution is -2.35. The van der Waals surface area contributed by atoms with Crippen molar-refractivity contribution in [3.8, 4) is 5.69 Å². The quantitative estimate of drug-likeness (QED) is 0.859. The molecule has 19 heavy (non-hydrogen) atoms. The van der Waals surface area contributed by atoms with Crippen LogP contribution in [-0.2, 0) is 6.54 Å². The number of rotatable bonds is 6. The van der Waals surface area contributed by atoms with Crippen LogP contribution in [0, 0.1) is 0 Å². The van der Waals surface area contributed by atoms with Gasteiger partial charge in [-0.25, -0.2) is 4.68 Å². The van der Waals surface area contributed by atoms with Gasteiger partial charge in [0.1, 0.15) is 0 Å². The van der Waals surface area contributed by atoms with Crippen LogP contribution in [0.2, 0.25) is 0 Å². The zero-order valence-electron chi connectivity index (χ0n) is 11.9. The van der Waals surface area contributed by atoms with Gasteiger partial charge in [-0.3, -0.25) is 0 Å². The molecule has 1 aromatic heterocycles. The third kappa shape index (κ3) is 4.19. The summed E-state index contributed by atoms with van der Waals surface area (Å²) in [7, 11) is 4.18. The lowest BCUT2D eigenvalue weighted by Gasteiger charge is -2.17. The summed E-state index contributed by atoms with van der Waals surface area (Å²) in [6, 6.07) is 10.6. The molecule has 1 N–H and O–H groups in total. The topological polar surface area (TPSA) is 33.1 Å². The van der Waals surface area contributed by atoms with Gasteiger partial charge in [0.2, 0.25) is 0 Å². The first-order valence-electron chi connectivity index (χ1n) is 6.62. The van der Waals surface area contributed by atoms with Gasteiger partial charge in [0.15, 0.2) is 0 Å². The molecular formula is C15H22N4. The average molecular weight is 258 g/mol. The largest absolute Gasteiger partial charge is 0.309 e. The van der Waals surface area contributed by atoms with Crippen molar-refractivity contribution >= 4 is 0 Å². The maximum atomic E-state index is 4.39. The Hall–Kier alpha value is -1.65. The van der Waals surface area contributed by atoms with Crippen LogP contribution in [-0.4, -0.2) is 41.4 Å². The molecular weight excluding hydrogens is 236 g/mol. The Balaban J connectivity index is 1.91. The van der Waals surface area contributed by atoms with Crippen molar-refractivity contribution in [2.24, 2.45) is 0 Å². The molecule has 1 unspecified atom stereocenters. The first-order valence-corrected chi connectivity index (χ1v) is 6.62. The Morgan fingerprint density at radius 3 is 2.68 bits per heavy atom. The Morgan fingerprint density at radius 1 is 1.26 bits per heavy atom. The van der Waals surface area contributed by atoms with E-state index in [2.05, 4.69) is 54.7 Å². The van der Waals surface area contributed by atoms with Gasteiger partial charge in [-0.1, -0.05) is 18.2 Å². The zero-order chi connectivity index (χ0) is 13.7. The molecule has 0 aliphatic heterocycles. The molecule has 0 aliphatic carbocycles. The minimum atomic E-state index is 0.468. The van der Waals surface area contributed by atoms with E-state index in [4.69, 9.17) is 0 Å². The predicted molar refractivity (Wildman–Crippen MR) is 78.4 cm³/mol. The number of para-hydroxylation sites is 1. The van der Waals surface area contributed by atoms with Crippen LogP contribution >= 0.6 is 0 Å². The fraction of sp³-hybridized carbons (Fsp3) is 0.400. The van der Waals surface area contributed by atoms with Crippen LogP contribution < -0.4 is 5.32 Å². The van der Waals surface area contributed by atoms with Gasteiger partial charge in [0.25, 0.3) is 0 Å². The standard InChI is InChI=1S/C15H22N4/c1-13(11-18(2)3)16-9-14-10-17-19(12-14)15-7-5-4-6-8-15/h4-8,10,12-13,16H,9,11H2,1-3H3. The highest BCUT2D eigenvalue weighted by molar-refractivity contribution is 5.30. The molecule has 102 valence electrons. The van der Waals surface area contributed by atoms with Crippen molar-refractivity contribution < 1.29 is 0 Å². The molecule has 0 amide bonds. The Bertz CT molecular complexity index is 490. The summed E-state index contributed by atoms with van der Waals surface area (Å²) >= 11 is 0. The molecule has 2 rings (SSSR count). The maximum Gasteiger partial charge on any atom is 0.0645 e. The predicted octanol–water partition coefficient (Wildman–Crippen LogP) is 1.91. The Labute approximate surface area is 115 Å². The highest BCUT2D eigenvalue weighted by atomic mass is 15.3. The second-order valence-electron chi connectivity index (χ2n) is 5.17. The van der Waals surface area contributed by atoms with Gasteiger partial charge in [-0.2, -0.15) is 5.10 Å². The number of hydrogen-bond acceptors (Lipinski definition) is 3. The number of hydrogen-bond donors (Lipinski definition) is 1. The molecule has 1 atom stereocenters. The molecule has 4 heteroatoms. The van der Waals surface area contributed by atoms with E-state index in [1.807, 2.05) is 29.1 Å². The molecule has 0 spiro atoms. The monoisotopic (exact) mass is 258 g/mol. The zero-order valence-corrected chi connectivity index (χ0v) is 11.9. The second kappa shape index (κ2) is 6.50. The number of nitrogens with zero attached hydrogens (tertiary/aromatic N) is 3. The first-order chi connectivity index (χ1) is 9.15. The molecule has 1 heterocycles. The normalized spacial score (nSPS) is 12.8. The summed E-state index contributed by atoms with van der Waals surface area (Å²) in [6.45, 7) is 4.08. The van der Waals surface area contributed by atoms with E-state index in [0.717, 1.165) is 18.8 Å². The lowest BCUT2D eigenvalue weighted by atomic mass is 10.3. The minimum Gasteiger partial charge on any atom is -0.309 e. The maximum absolute atomic E-state index is 4.39. The van der Waals surface area contributed by atoms with Crippen molar-refractivity contribution in [1.82, 2.24) is 20.0 Å². The number of nitrogens with one attached hydrogen (secondary N) is 1. The van der Waals surface area contributed by atoms with E-state index >= 15 is 0 Å². The number of benzene rings is 1. The molecule has 0 saturated heterocycles. The third-order valence-corrected chi connectivity index (χ3v) is 2.95. The Morgan fingerprint density at radius 2 is 2.00 bits per heavy atom. The second-order valence-corrected chi connectivity index (χ2v) is 5.17. The number of likely N-dealkylation sites (N-methyl/N-ethyl adjacent to an activating group) is 1. The smallest absolute Gasteiger partial charge is 0.0645 e. The third-order valence-electron chi connectivity index (χ3n) is 2.95. The van der Waals surface area contributed by atoms with Gasteiger partial charge in [0.05, 0.1) is 11.9 Å². The molecule has 4 nitrogen and oxygen atoms in total. The van der Waals surface area contributed by atoms with Gasteiger partial charge < -0.3 is 10.2 Å². The Kier molecular flexibility index (Phi) is 4.71. The number of aromatic nitrogens is 2. The summed E-state index contributed by atoms with van der Waals surface area (Å²) in [5, 5.41) is 7.89. The average Bonchev–Trinajstić information content (AvgIpc) is 2.85. The summed E-state index contributed by atoms with van der Waals surface area (Å²) in [4.78, 5) is 2.19. The van der Waals surface area contributed by atoms with Crippen molar-refractivity contribution in [2.45, 2.75) is 19.5 Å². The van der Waals surface area contributed by atoms with Crippen LogP contribution in [0.5, 0.6) is 0 Å². The van der Waals surface area contributed by atoms with Crippen molar-refractivity contribution in [3.63, 3.8) is 0 Å². The van der Waals surface area contributed by atoms with Crippen LogP contribution in [0.3, 0.4) is 0 Å². The van der Waals surface area contributed by atoms with Gasteiger partial charge >= 0.3 is 0 Å². The van der Waals surface area contributed by atoms with E-state index in [0.29, 0.717) is 6.04 Å². The SMILES string of the molecule is CC(CN(C)C)NCc1cnn(-c2ccccc2)c1. The molecule has 0 saturated carbocycles. The fourth-order valence-corrected chi connectivity index (χ4v) is 2.08. The van der Waals surface area contributed by atoms with Crippen LogP contribution in [0.4, 0.5) is 0 Å². The van der Waals surface area contributed by atoms with Crippen LogP contribution in [0.25, 0.3) is 5.69 Å². The summed E-state index contributed by atoms with van der Waals surface area (Å²) < 4.78 is 1.91. The molecule has 0 fully saturated rings. The highest BCUT2D eigenvalue weighted by Crippen LogP contribution is 2.07. The van der Waals surface area contributed by atoms with Gasteiger partial charge in [-0.05, 0) is 33.2 Å². The molecule has 0 aliphatic rings. The van der Waals surface area contributed by atoms with E-state index in [-0.39, 0.29) is 0 Å². The molecule has 1 aromatic carbocycles. The summed E-state index contributed by atoms with van der Waals surface area (Å²) in [5.41, 5.74) is 2.30. The van der Waals surface area contributed by atoms with Crippen molar-refractivity contribution in [2.75, 3.05) is 20.6 Å². The van der Waals surface area contributed by atoms with Crippen molar-refractivity contribution in [1.29, 1.82) is 0 Å². The first kappa shape index (κ1) is 13.8. The lowest BCUT2D eigenvalue weighted by molar-refractivity contribution is 0.349. The molecule has 0 radical (unpaired) electrons.